The molecule has 0 saturated carbocycles. The Morgan fingerprint density at radius 2 is 1.70 bits per heavy atom. The van der Waals surface area contributed by atoms with Crippen molar-refractivity contribution in [2.45, 2.75) is 12.5 Å². The summed E-state index contributed by atoms with van der Waals surface area (Å²) in [5.41, 5.74) is 0. The number of halogens is 1. The summed E-state index contributed by atoms with van der Waals surface area (Å²) < 4.78 is 0. The van der Waals surface area contributed by atoms with Gasteiger partial charge in [0.1, 0.15) is 0 Å². The topological polar surface area (TPSA) is 94.8 Å². The molecule has 0 aromatic carbocycles. The summed E-state index contributed by atoms with van der Waals surface area (Å²) in [5.74, 6) is -2.85. The third-order valence-corrected chi connectivity index (χ3v) is 0.653. The zero-order valence-corrected chi connectivity index (χ0v) is 5.67. The Labute approximate surface area is 62.7 Å². The fraction of sp³-hybridized carbons (Fsp3) is 0.500. The summed E-state index contributed by atoms with van der Waals surface area (Å²) in [6.45, 7) is 0. The summed E-state index contributed by atoms with van der Waals surface area (Å²) >= 11 is 0. The second-order valence-corrected chi connectivity index (χ2v) is 1.45. The highest BCUT2D eigenvalue weighted by atomic mass is 35.5. The van der Waals surface area contributed by atoms with E-state index in [2.05, 4.69) is 0 Å². The largest absolute Gasteiger partial charge is 0.481 e. The molecule has 0 aromatic heterocycles. The summed E-state index contributed by atoms with van der Waals surface area (Å²) in [7, 11) is 0. The molecule has 0 fully saturated rings. The second-order valence-electron chi connectivity index (χ2n) is 1.45. The van der Waals surface area contributed by atoms with Crippen molar-refractivity contribution in [1.29, 1.82) is 0 Å². The van der Waals surface area contributed by atoms with Crippen LogP contribution in [0.4, 0.5) is 0 Å². The molecule has 3 N–H and O–H groups in total. The molecule has 0 saturated heterocycles. The minimum atomic E-state index is -1.79. The number of rotatable bonds is 3. The first-order chi connectivity index (χ1) is 4.04. The van der Waals surface area contributed by atoms with Crippen LogP contribution in [0.1, 0.15) is 6.42 Å². The maximum Gasteiger partial charge on any atom is 0.333 e. The molecule has 0 radical (unpaired) electrons. The van der Waals surface area contributed by atoms with Crippen molar-refractivity contribution in [3.63, 3.8) is 0 Å². The first kappa shape index (κ1) is 11.9. The molecule has 0 bridgehead atoms. The van der Waals surface area contributed by atoms with Crippen LogP contribution in [-0.4, -0.2) is 33.4 Å². The number of carboxylic acids is 2. The quantitative estimate of drug-likeness (QED) is 0.522. The molecule has 0 heterocycles. The Bertz CT molecular complexity index is 134. The van der Waals surface area contributed by atoms with Crippen molar-refractivity contribution >= 4 is 24.3 Å². The summed E-state index contributed by atoms with van der Waals surface area (Å²) in [6.07, 6.45) is -2.54. The SMILES string of the molecule is Cl.O=C(O)C[C@H](O)C(=O)O. The van der Waals surface area contributed by atoms with E-state index in [-0.39, 0.29) is 12.4 Å². The van der Waals surface area contributed by atoms with Crippen LogP contribution in [0.2, 0.25) is 0 Å². The molecule has 10 heavy (non-hydrogen) atoms. The monoisotopic (exact) mass is 170 g/mol. The molecule has 0 unspecified atom stereocenters. The molecule has 0 aliphatic carbocycles. The third kappa shape index (κ3) is 5.33. The Balaban J connectivity index is 0. The lowest BCUT2D eigenvalue weighted by molar-refractivity contribution is -0.152. The number of carbonyl (C=O) groups is 2. The van der Waals surface area contributed by atoms with E-state index in [1.807, 2.05) is 0 Å². The highest BCUT2D eigenvalue weighted by Crippen LogP contribution is 1.89. The van der Waals surface area contributed by atoms with Crippen LogP contribution in [0.15, 0.2) is 0 Å². The van der Waals surface area contributed by atoms with Gasteiger partial charge in [-0.15, -0.1) is 12.4 Å². The first-order valence-corrected chi connectivity index (χ1v) is 2.16. The van der Waals surface area contributed by atoms with Crippen LogP contribution in [0, 0.1) is 0 Å². The molecule has 6 heteroatoms. The van der Waals surface area contributed by atoms with E-state index in [0.717, 1.165) is 0 Å². The Morgan fingerprint density at radius 1 is 1.30 bits per heavy atom. The van der Waals surface area contributed by atoms with Crippen molar-refractivity contribution in [3.05, 3.63) is 0 Å². The van der Waals surface area contributed by atoms with Gasteiger partial charge in [0.15, 0.2) is 6.10 Å². The third-order valence-electron chi connectivity index (χ3n) is 0.653. The fourth-order valence-corrected chi connectivity index (χ4v) is 0.253. The Kier molecular flexibility index (Phi) is 5.98. The average Bonchev–Trinajstić information content (AvgIpc) is 1.63. The fourth-order valence-electron chi connectivity index (χ4n) is 0.253. The number of aliphatic hydroxyl groups is 1. The van der Waals surface area contributed by atoms with Crippen LogP contribution >= 0.6 is 12.4 Å². The van der Waals surface area contributed by atoms with E-state index in [0.29, 0.717) is 0 Å². The molecule has 0 spiro atoms. The summed E-state index contributed by atoms with van der Waals surface area (Å²) in [4.78, 5) is 19.4. The van der Waals surface area contributed by atoms with Crippen molar-refractivity contribution in [2.75, 3.05) is 0 Å². The van der Waals surface area contributed by atoms with Crippen molar-refractivity contribution in [3.8, 4) is 0 Å². The number of aliphatic hydroxyl groups excluding tert-OH is 1. The summed E-state index contributed by atoms with van der Waals surface area (Å²) in [6, 6.07) is 0. The Hall–Kier alpha value is -0.810. The lowest BCUT2D eigenvalue weighted by Crippen LogP contribution is -2.22. The zero-order chi connectivity index (χ0) is 7.44. The van der Waals surface area contributed by atoms with Gasteiger partial charge in [-0.1, -0.05) is 0 Å². The van der Waals surface area contributed by atoms with Gasteiger partial charge < -0.3 is 15.3 Å². The van der Waals surface area contributed by atoms with Crippen LogP contribution in [0.25, 0.3) is 0 Å². The number of aliphatic carboxylic acids is 2. The second kappa shape index (κ2) is 5.01. The average molecular weight is 171 g/mol. The van der Waals surface area contributed by atoms with Crippen LogP contribution in [0.3, 0.4) is 0 Å². The minimum absolute atomic E-state index is 0. The van der Waals surface area contributed by atoms with Crippen LogP contribution < -0.4 is 0 Å². The van der Waals surface area contributed by atoms with Gasteiger partial charge in [-0.25, -0.2) is 4.79 Å². The highest BCUT2D eigenvalue weighted by Gasteiger charge is 2.16. The molecular weight excluding hydrogens is 163 g/mol. The molecule has 0 rings (SSSR count). The van der Waals surface area contributed by atoms with Crippen molar-refractivity contribution < 1.29 is 24.9 Å². The lowest BCUT2D eigenvalue weighted by atomic mass is 10.3. The smallest absolute Gasteiger partial charge is 0.333 e. The van der Waals surface area contributed by atoms with Gasteiger partial charge >= 0.3 is 11.9 Å². The van der Waals surface area contributed by atoms with Gasteiger partial charge in [0.25, 0.3) is 0 Å². The normalized spacial score (nSPS) is 11.3. The molecule has 5 nitrogen and oxygen atoms in total. The number of carboxylic acid groups (broad SMARTS) is 2. The maximum atomic E-state index is 9.72. The molecule has 1 atom stereocenters. The van der Waals surface area contributed by atoms with Crippen molar-refractivity contribution in [1.82, 2.24) is 0 Å². The first-order valence-electron chi connectivity index (χ1n) is 2.16. The molecule has 0 amide bonds. The molecule has 0 aliphatic heterocycles. The van der Waals surface area contributed by atoms with Crippen LogP contribution in [-0.2, 0) is 9.59 Å². The predicted octanol–water partition coefficient (Wildman–Crippen LogP) is -0.672. The number of hydrogen-bond donors (Lipinski definition) is 3. The molecule has 0 aliphatic rings. The molecule has 0 aromatic rings. The zero-order valence-electron chi connectivity index (χ0n) is 4.85. The number of hydrogen-bond acceptors (Lipinski definition) is 3. The van der Waals surface area contributed by atoms with E-state index < -0.39 is 24.5 Å². The van der Waals surface area contributed by atoms with Gasteiger partial charge in [0.2, 0.25) is 0 Å². The van der Waals surface area contributed by atoms with E-state index >= 15 is 0 Å². The Morgan fingerprint density at radius 3 is 1.80 bits per heavy atom. The van der Waals surface area contributed by atoms with Gasteiger partial charge in [-0.3, -0.25) is 4.79 Å². The minimum Gasteiger partial charge on any atom is -0.481 e. The predicted molar refractivity (Wildman–Crippen MR) is 33.1 cm³/mol. The lowest BCUT2D eigenvalue weighted by Gasteiger charge is -1.97. The highest BCUT2D eigenvalue weighted by molar-refractivity contribution is 5.85. The van der Waals surface area contributed by atoms with Gasteiger partial charge in [0.05, 0.1) is 6.42 Å². The van der Waals surface area contributed by atoms with E-state index in [1.165, 1.54) is 0 Å². The van der Waals surface area contributed by atoms with Gasteiger partial charge in [-0.2, -0.15) is 0 Å². The van der Waals surface area contributed by atoms with Gasteiger partial charge in [-0.05, 0) is 0 Å². The van der Waals surface area contributed by atoms with E-state index in [4.69, 9.17) is 15.3 Å². The van der Waals surface area contributed by atoms with Crippen LogP contribution in [0.5, 0.6) is 0 Å². The molecule has 60 valence electrons. The maximum absolute atomic E-state index is 9.72. The molecular formula is C4H7ClO5. The van der Waals surface area contributed by atoms with Crippen molar-refractivity contribution in [2.24, 2.45) is 0 Å². The van der Waals surface area contributed by atoms with E-state index in [1.54, 1.807) is 0 Å². The standard InChI is InChI=1S/C4H6O5.ClH/c5-2(4(8)9)1-3(6)7;/h2,5H,1H2,(H,6,7)(H,8,9);1H/t2-;/m0./s1. The van der Waals surface area contributed by atoms with Gasteiger partial charge in [0, 0.05) is 0 Å². The summed E-state index contributed by atoms with van der Waals surface area (Å²) in [5, 5.41) is 24.1. The van der Waals surface area contributed by atoms with E-state index in [9.17, 15) is 9.59 Å².